The van der Waals surface area contributed by atoms with Gasteiger partial charge >= 0.3 is 5.97 Å². The van der Waals surface area contributed by atoms with Crippen molar-refractivity contribution in [1.29, 1.82) is 0 Å². The molecule has 0 saturated heterocycles. The summed E-state index contributed by atoms with van der Waals surface area (Å²) >= 11 is 0. The van der Waals surface area contributed by atoms with Crippen molar-refractivity contribution in [1.82, 2.24) is 10.1 Å². The predicted octanol–water partition coefficient (Wildman–Crippen LogP) is 2.60. The van der Waals surface area contributed by atoms with Crippen LogP contribution in [0.4, 0.5) is 5.69 Å². The fourth-order valence-corrected chi connectivity index (χ4v) is 3.06. The van der Waals surface area contributed by atoms with Crippen LogP contribution in [0.25, 0.3) is 11.4 Å². The van der Waals surface area contributed by atoms with Crippen molar-refractivity contribution < 1.29 is 28.3 Å². The molecular weight excluding hydrogens is 390 g/mol. The van der Waals surface area contributed by atoms with E-state index in [-0.39, 0.29) is 38.0 Å². The predicted molar refractivity (Wildman–Crippen MR) is 105 cm³/mol. The van der Waals surface area contributed by atoms with Gasteiger partial charge in [-0.15, -0.1) is 0 Å². The van der Waals surface area contributed by atoms with Gasteiger partial charge in [-0.25, -0.2) is 0 Å². The molecule has 1 aromatic heterocycles. The van der Waals surface area contributed by atoms with E-state index in [0.29, 0.717) is 28.6 Å². The maximum absolute atomic E-state index is 12.4. The number of benzene rings is 2. The number of carbonyl (C=O) groups is 2. The van der Waals surface area contributed by atoms with E-state index in [1.54, 1.807) is 43.5 Å². The number of nitrogens with zero attached hydrogens (tertiary/aromatic N) is 3. The Morgan fingerprint density at radius 1 is 1.17 bits per heavy atom. The van der Waals surface area contributed by atoms with Gasteiger partial charge < -0.3 is 18.7 Å². The number of hydrogen-bond donors (Lipinski definition) is 0. The van der Waals surface area contributed by atoms with Crippen LogP contribution in [0.15, 0.2) is 53.1 Å². The van der Waals surface area contributed by atoms with Gasteiger partial charge in [0.25, 0.3) is 5.89 Å². The lowest BCUT2D eigenvalue weighted by molar-refractivity contribution is -0.144. The van der Waals surface area contributed by atoms with Gasteiger partial charge in [-0.3, -0.25) is 14.5 Å². The summed E-state index contributed by atoms with van der Waals surface area (Å²) in [6.45, 7) is -0.191. The lowest BCUT2D eigenvalue weighted by atomic mass is 10.2. The molecule has 0 saturated carbocycles. The first-order valence-corrected chi connectivity index (χ1v) is 9.29. The summed E-state index contributed by atoms with van der Waals surface area (Å²) in [5, 5.41) is 3.90. The average molecular weight is 409 g/mol. The molecule has 2 aromatic carbocycles. The van der Waals surface area contributed by atoms with Gasteiger partial charge in [-0.2, -0.15) is 4.98 Å². The summed E-state index contributed by atoms with van der Waals surface area (Å²) < 4.78 is 21.3. The summed E-state index contributed by atoms with van der Waals surface area (Å²) in [5.41, 5.74) is 1.20. The largest absolute Gasteiger partial charge is 0.496 e. The number of ether oxygens (including phenoxy) is 3. The van der Waals surface area contributed by atoms with Gasteiger partial charge in [0.2, 0.25) is 11.7 Å². The molecule has 0 unspecified atom stereocenters. The van der Waals surface area contributed by atoms with Crippen LogP contribution in [0.3, 0.4) is 0 Å². The SMILES string of the molecule is COc1ccccc1-c1noc(COC(=O)CN2C(=O)CCOc3ccccc32)n1. The van der Waals surface area contributed by atoms with Gasteiger partial charge in [0.05, 0.1) is 31.4 Å². The highest BCUT2D eigenvalue weighted by atomic mass is 16.6. The number of esters is 1. The molecule has 154 valence electrons. The fraction of sp³-hybridized carbons (Fsp3) is 0.238. The lowest BCUT2D eigenvalue weighted by Crippen LogP contribution is -2.36. The van der Waals surface area contributed by atoms with Crippen molar-refractivity contribution in [3.8, 4) is 22.9 Å². The molecule has 4 rings (SSSR count). The van der Waals surface area contributed by atoms with Crippen molar-refractivity contribution in [2.24, 2.45) is 0 Å². The second-order valence-electron chi connectivity index (χ2n) is 6.42. The first-order valence-electron chi connectivity index (χ1n) is 9.29. The van der Waals surface area contributed by atoms with Gasteiger partial charge in [0, 0.05) is 0 Å². The highest BCUT2D eigenvalue weighted by molar-refractivity contribution is 5.99. The number of hydrogen-bond acceptors (Lipinski definition) is 8. The average Bonchev–Trinajstić information content (AvgIpc) is 3.19. The summed E-state index contributed by atoms with van der Waals surface area (Å²) in [4.78, 5) is 30.4. The van der Waals surface area contributed by atoms with Gasteiger partial charge in [-0.05, 0) is 24.3 Å². The van der Waals surface area contributed by atoms with Gasteiger partial charge in [-0.1, -0.05) is 29.4 Å². The van der Waals surface area contributed by atoms with Crippen molar-refractivity contribution in [3.05, 3.63) is 54.4 Å². The Labute approximate surface area is 172 Å². The Kier molecular flexibility index (Phi) is 5.60. The quantitative estimate of drug-likeness (QED) is 0.572. The Hall–Kier alpha value is -3.88. The van der Waals surface area contributed by atoms with E-state index in [2.05, 4.69) is 10.1 Å². The minimum atomic E-state index is -0.600. The summed E-state index contributed by atoms with van der Waals surface area (Å²) in [5.74, 6) is 0.796. The number of aromatic nitrogens is 2. The maximum atomic E-state index is 12.4. The topological polar surface area (TPSA) is 104 Å². The zero-order valence-electron chi connectivity index (χ0n) is 16.2. The molecule has 30 heavy (non-hydrogen) atoms. The molecule has 9 nitrogen and oxygen atoms in total. The van der Waals surface area contributed by atoms with Crippen LogP contribution in [0.2, 0.25) is 0 Å². The Bertz CT molecular complexity index is 1060. The van der Waals surface area contributed by atoms with E-state index in [1.165, 1.54) is 4.90 Å². The summed E-state index contributed by atoms with van der Waals surface area (Å²) in [7, 11) is 1.55. The third-order valence-corrected chi connectivity index (χ3v) is 4.49. The second kappa shape index (κ2) is 8.64. The Morgan fingerprint density at radius 3 is 2.83 bits per heavy atom. The van der Waals surface area contributed by atoms with E-state index in [9.17, 15) is 9.59 Å². The highest BCUT2D eigenvalue weighted by Crippen LogP contribution is 2.31. The number of anilines is 1. The van der Waals surface area contributed by atoms with E-state index in [1.807, 2.05) is 12.1 Å². The monoisotopic (exact) mass is 409 g/mol. The highest BCUT2D eigenvalue weighted by Gasteiger charge is 2.26. The molecule has 0 fully saturated rings. The number of amides is 1. The standard InChI is InChI=1S/C21H19N3O6/c1-27-16-8-4-2-6-14(16)21-22-18(30-23-21)13-29-20(26)12-24-15-7-3-5-9-17(15)28-11-10-19(24)25/h2-9H,10-13H2,1H3. The van der Waals surface area contributed by atoms with E-state index < -0.39 is 5.97 Å². The van der Waals surface area contributed by atoms with Crippen LogP contribution in [0.1, 0.15) is 12.3 Å². The van der Waals surface area contributed by atoms with Crippen LogP contribution in [0.5, 0.6) is 11.5 Å². The number of methoxy groups -OCH3 is 1. The zero-order chi connectivity index (χ0) is 20.9. The zero-order valence-corrected chi connectivity index (χ0v) is 16.2. The molecule has 0 atom stereocenters. The van der Waals surface area contributed by atoms with Crippen molar-refractivity contribution in [2.45, 2.75) is 13.0 Å². The van der Waals surface area contributed by atoms with Crippen LogP contribution >= 0.6 is 0 Å². The molecule has 9 heteroatoms. The molecule has 0 radical (unpaired) electrons. The molecule has 1 amide bonds. The van der Waals surface area contributed by atoms with Gasteiger partial charge in [0.1, 0.15) is 18.0 Å². The Balaban J connectivity index is 1.41. The van der Waals surface area contributed by atoms with Crippen molar-refractivity contribution in [3.63, 3.8) is 0 Å². The van der Waals surface area contributed by atoms with E-state index >= 15 is 0 Å². The van der Waals surface area contributed by atoms with E-state index in [4.69, 9.17) is 18.7 Å². The number of fused-ring (bicyclic) bond motifs is 1. The molecule has 0 aliphatic carbocycles. The molecule has 2 heterocycles. The van der Waals surface area contributed by atoms with Crippen molar-refractivity contribution in [2.75, 3.05) is 25.2 Å². The van der Waals surface area contributed by atoms with Crippen LogP contribution in [0, 0.1) is 0 Å². The maximum Gasteiger partial charge on any atom is 0.326 e. The normalized spacial score (nSPS) is 13.2. The third kappa shape index (κ3) is 4.09. The van der Waals surface area contributed by atoms with Gasteiger partial charge in [0.15, 0.2) is 6.61 Å². The van der Waals surface area contributed by atoms with Crippen LogP contribution < -0.4 is 14.4 Å². The number of carbonyl (C=O) groups excluding carboxylic acids is 2. The summed E-state index contributed by atoms with van der Waals surface area (Å²) in [6.07, 6.45) is 0.174. The van der Waals surface area contributed by atoms with Crippen LogP contribution in [-0.2, 0) is 20.9 Å². The molecule has 0 spiro atoms. The Morgan fingerprint density at radius 2 is 1.97 bits per heavy atom. The molecule has 0 N–H and O–H groups in total. The van der Waals surface area contributed by atoms with Crippen molar-refractivity contribution >= 4 is 17.6 Å². The second-order valence-corrected chi connectivity index (χ2v) is 6.42. The lowest BCUT2D eigenvalue weighted by Gasteiger charge is -2.20. The number of para-hydroxylation sites is 3. The van der Waals surface area contributed by atoms with Crippen LogP contribution in [-0.4, -0.2) is 42.3 Å². The molecule has 3 aromatic rings. The molecular formula is C21H19N3O6. The molecule has 1 aliphatic heterocycles. The molecule has 0 bridgehead atoms. The number of rotatable bonds is 6. The van der Waals surface area contributed by atoms with E-state index in [0.717, 1.165) is 0 Å². The fourth-order valence-electron chi connectivity index (χ4n) is 3.06. The summed E-state index contributed by atoms with van der Waals surface area (Å²) in [6, 6.07) is 14.3. The minimum Gasteiger partial charge on any atom is -0.496 e. The minimum absolute atomic E-state index is 0.134. The first kappa shape index (κ1) is 19.4. The molecule has 1 aliphatic rings. The third-order valence-electron chi connectivity index (χ3n) is 4.49. The smallest absolute Gasteiger partial charge is 0.326 e. The first-order chi connectivity index (χ1) is 14.7.